The molecule has 0 aliphatic carbocycles. The lowest BCUT2D eigenvalue weighted by atomic mass is 9.89. The number of benzene rings is 7. The second-order valence-corrected chi connectivity index (χ2v) is 13.6. The minimum atomic E-state index is -0.228. The van der Waals surface area contributed by atoms with Crippen LogP contribution in [0.25, 0.3) is 49.5 Å². The van der Waals surface area contributed by atoms with Crippen molar-refractivity contribution in [3.63, 3.8) is 0 Å². The Morgan fingerprint density at radius 2 is 1.08 bits per heavy atom. The van der Waals surface area contributed by atoms with E-state index in [-0.39, 0.29) is 12.3 Å². The maximum atomic E-state index is 5.37. The van der Waals surface area contributed by atoms with Gasteiger partial charge in [-0.2, -0.15) is 0 Å². The summed E-state index contributed by atoms with van der Waals surface area (Å²) < 4.78 is 0. The van der Waals surface area contributed by atoms with Crippen molar-refractivity contribution < 1.29 is 0 Å². The Bertz CT molecular complexity index is 2580. The standard InChI is InChI=1S/C48H38N4/c1-31-25-45(50-32(2)49-31)35-23-21-33(22-24-35)38-26-39(44-29-37-17-9-10-18-41(37)42-19-11-12-20-43(42)44)28-40(27-38)47-30-46(34-13-5-3-6-14-34)51-48(52-47)36-15-7-4-8-16-36/h3-30,32,48-49,51H,1-2H3. The van der Waals surface area contributed by atoms with E-state index in [0.29, 0.717) is 0 Å². The second kappa shape index (κ2) is 13.3. The number of nitrogens with one attached hydrogen (secondary N) is 2. The molecule has 0 spiro atoms. The predicted octanol–water partition coefficient (Wildman–Crippen LogP) is 11.1. The molecule has 0 saturated carbocycles. The fourth-order valence-electron chi connectivity index (χ4n) is 7.51. The molecule has 2 aliphatic heterocycles. The molecule has 0 radical (unpaired) electrons. The number of hydrogen-bond acceptors (Lipinski definition) is 4. The van der Waals surface area contributed by atoms with Gasteiger partial charge in [0.05, 0.1) is 11.4 Å². The van der Waals surface area contributed by atoms with Crippen LogP contribution >= 0.6 is 0 Å². The summed E-state index contributed by atoms with van der Waals surface area (Å²) in [6.07, 6.45) is 4.14. The van der Waals surface area contributed by atoms with E-state index >= 15 is 0 Å². The monoisotopic (exact) mass is 670 g/mol. The lowest BCUT2D eigenvalue weighted by Gasteiger charge is -2.25. The minimum Gasteiger partial charge on any atom is -0.368 e. The molecular formula is C48H38N4. The van der Waals surface area contributed by atoms with Gasteiger partial charge in [0, 0.05) is 17.0 Å². The highest BCUT2D eigenvalue weighted by Crippen LogP contribution is 2.38. The molecule has 2 heterocycles. The maximum Gasteiger partial charge on any atom is 0.145 e. The third-order valence-corrected chi connectivity index (χ3v) is 9.99. The van der Waals surface area contributed by atoms with Crippen molar-refractivity contribution in [3.8, 4) is 22.3 Å². The fourth-order valence-corrected chi connectivity index (χ4v) is 7.51. The van der Waals surface area contributed by atoms with Crippen LogP contribution in [0.4, 0.5) is 0 Å². The van der Waals surface area contributed by atoms with E-state index in [1.165, 1.54) is 27.1 Å². The van der Waals surface area contributed by atoms with Crippen LogP contribution < -0.4 is 10.6 Å². The van der Waals surface area contributed by atoms with E-state index in [2.05, 4.69) is 194 Å². The van der Waals surface area contributed by atoms with Crippen LogP contribution in [-0.4, -0.2) is 17.6 Å². The Kier molecular flexibility index (Phi) is 8.05. The zero-order valence-corrected chi connectivity index (χ0v) is 29.2. The molecule has 2 N–H and O–H groups in total. The molecule has 0 saturated heterocycles. The van der Waals surface area contributed by atoms with E-state index in [1.807, 2.05) is 0 Å². The molecule has 2 atom stereocenters. The summed E-state index contributed by atoms with van der Waals surface area (Å²) in [7, 11) is 0. The highest BCUT2D eigenvalue weighted by atomic mass is 15.1. The van der Waals surface area contributed by atoms with Gasteiger partial charge in [-0.3, -0.25) is 9.98 Å². The van der Waals surface area contributed by atoms with Gasteiger partial charge in [0.1, 0.15) is 12.3 Å². The lowest BCUT2D eigenvalue weighted by molar-refractivity contribution is 0.636. The van der Waals surface area contributed by atoms with Crippen LogP contribution in [0.5, 0.6) is 0 Å². The van der Waals surface area contributed by atoms with E-state index < -0.39 is 0 Å². The summed E-state index contributed by atoms with van der Waals surface area (Å²) in [5.41, 5.74) is 13.2. The Morgan fingerprint density at radius 3 is 1.85 bits per heavy atom. The van der Waals surface area contributed by atoms with Crippen molar-refractivity contribution >= 4 is 38.7 Å². The van der Waals surface area contributed by atoms with Gasteiger partial charge in [-0.25, -0.2) is 0 Å². The fraction of sp³-hybridized carbons (Fsp3) is 0.0833. The van der Waals surface area contributed by atoms with Gasteiger partial charge < -0.3 is 10.6 Å². The van der Waals surface area contributed by atoms with Gasteiger partial charge in [-0.15, -0.1) is 0 Å². The van der Waals surface area contributed by atoms with E-state index in [4.69, 9.17) is 9.98 Å². The molecule has 9 rings (SSSR count). The predicted molar refractivity (Wildman–Crippen MR) is 218 cm³/mol. The van der Waals surface area contributed by atoms with Gasteiger partial charge in [0.15, 0.2) is 0 Å². The molecule has 0 bridgehead atoms. The molecule has 0 aromatic heterocycles. The Hall–Kier alpha value is -6.52. The Labute approximate surface area is 304 Å². The maximum absolute atomic E-state index is 5.37. The molecule has 52 heavy (non-hydrogen) atoms. The molecule has 4 heteroatoms. The second-order valence-electron chi connectivity index (χ2n) is 13.6. The van der Waals surface area contributed by atoms with Crippen molar-refractivity contribution in [2.24, 2.45) is 9.98 Å². The first-order valence-electron chi connectivity index (χ1n) is 17.9. The number of fused-ring (bicyclic) bond motifs is 3. The molecule has 7 aromatic rings. The third-order valence-electron chi connectivity index (χ3n) is 9.99. The Balaban J connectivity index is 1.24. The molecule has 4 nitrogen and oxygen atoms in total. The van der Waals surface area contributed by atoms with Crippen molar-refractivity contribution in [1.29, 1.82) is 0 Å². The van der Waals surface area contributed by atoms with Crippen LogP contribution in [0.2, 0.25) is 0 Å². The summed E-state index contributed by atoms with van der Waals surface area (Å²) in [6.45, 7) is 4.17. The average Bonchev–Trinajstić information content (AvgIpc) is 3.20. The first-order chi connectivity index (χ1) is 25.6. The summed E-state index contributed by atoms with van der Waals surface area (Å²) in [4.78, 5) is 10.2. The van der Waals surface area contributed by atoms with Gasteiger partial charge in [-0.1, -0.05) is 133 Å². The van der Waals surface area contributed by atoms with Gasteiger partial charge in [-0.05, 0) is 111 Å². The topological polar surface area (TPSA) is 48.8 Å². The molecule has 2 aliphatic rings. The highest BCUT2D eigenvalue weighted by Gasteiger charge is 2.21. The third kappa shape index (κ3) is 6.09. The summed E-state index contributed by atoms with van der Waals surface area (Å²) in [6, 6.07) is 56.6. The highest BCUT2D eigenvalue weighted by molar-refractivity contribution is 6.17. The summed E-state index contributed by atoms with van der Waals surface area (Å²) in [5, 5.41) is 12.1. The molecular weight excluding hydrogens is 633 g/mol. The number of hydrogen-bond donors (Lipinski definition) is 2. The van der Waals surface area contributed by atoms with Crippen molar-refractivity contribution in [2.45, 2.75) is 26.2 Å². The van der Waals surface area contributed by atoms with Crippen LogP contribution in [0.15, 0.2) is 186 Å². The molecule has 0 fully saturated rings. The SMILES string of the molecule is CC1=CC(c2ccc(-c3cc(C4=NC(c5ccccc5)NC(c5ccccc5)=C4)cc(-c4cc5ccccc5c5ccccc45)c3)cc2)=NC(C)N1. The smallest absolute Gasteiger partial charge is 0.145 e. The van der Waals surface area contributed by atoms with E-state index in [9.17, 15) is 0 Å². The van der Waals surface area contributed by atoms with Crippen LogP contribution in [0, 0.1) is 0 Å². The summed E-state index contributed by atoms with van der Waals surface area (Å²) >= 11 is 0. The quantitative estimate of drug-likeness (QED) is 0.173. The normalized spacial score (nSPS) is 17.0. The van der Waals surface area contributed by atoms with Gasteiger partial charge in [0.25, 0.3) is 0 Å². The van der Waals surface area contributed by atoms with Crippen molar-refractivity contribution in [3.05, 3.63) is 198 Å². The zero-order chi connectivity index (χ0) is 35.0. The Morgan fingerprint density at radius 1 is 0.462 bits per heavy atom. The van der Waals surface area contributed by atoms with E-state index in [1.54, 1.807) is 0 Å². The van der Waals surface area contributed by atoms with Crippen LogP contribution in [-0.2, 0) is 0 Å². The lowest BCUT2D eigenvalue weighted by Crippen LogP contribution is -2.28. The van der Waals surface area contributed by atoms with Gasteiger partial charge >= 0.3 is 0 Å². The molecule has 7 aromatic carbocycles. The number of rotatable bonds is 6. The summed E-state index contributed by atoms with van der Waals surface area (Å²) in [5.74, 6) is 0. The molecule has 250 valence electrons. The average molecular weight is 671 g/mol. The van der Waals surface area contributed by atoms with Crippen molar-refractivity contribution in [1.82, 2.24) is 10.6 Å². The van der Waals surface area contributed by atoms with Crippen molar-refractivity contribution in [2.75, 3.05) is 0 Å². The van der Waals surface area contributed by atoms with E-state index in [0.717, 1.165) is 61.8 Å². The van der Waals surface area contributed by atoms with Gasteiger partial charge in [0.2, 0.25) is 0 Å². The molecule has 0 amide bonds. The number of nitrogens with zero attached hydrogens (tertiary/aromatic N) is 2. The minimum absolute atomic E-state index is 0.0509. The van der Waals surface area contributed by atoms with Crippen LogP contribution in [0.1, 0.15) is 42.3 Å². The largest absolute Gasteiger partial charge is 0.368 e. The van der Waals surface area contributed by atoms with Crippen LogP contribution in [0.3, 0.4) is 0 Å². The number of allylic oxidation sites excluding steroid dienone is 3. The zero-order valence-electron chi connectivity index (χ0n) is 29.2. The first kappa shape index (κ1) is 31.5. The number of aliphatic imine (C=N–C) groups is 2. The first-order valence-corrected chi connectivity index (χ1v) is 17.9. The molecule has 2 unspecified atom stereocenters.